The van der Waals surface area contributed by atoms with E-state index in [-0.39, 0.29) is 18.8 Å². The molecule has 4 heteroatoms. The number of hydrogen-bond acceptors (Lipinski definition) is 3. The van der Waals surface area contributed by atoms with Gasteiger partial charge in [-0.25, -0.2) is 4.79 Å². The highest BCUT2D eigenvalue weighted by molar-refractivity contribution is 5.91. The molecular formula is C9H12O4. The summed E-state index contributed by atoms with van der Waals surface area (Å²) >= 11 is 0. The third kappa shape index (κ3) is 5.91. The largest absolute Gasteiger partial charge is 0.477 e. The molecule has 0 saturated heterocycles. The van der Waals surface area contributed by atoms with E-state index in [1.165, 1.54) is 20.3 Å². The molecule has 1 N–H and O–H groups in total. The van der Waals surface area contributed by atoms with Crippen LogP contribution in [-0.2, 0) is 14.3 Å². The molecule has 72 valence electrons. The summed E-state index contributed by atoms with van der Waals surface area (Å²) < 4.78 is 9.34. The first-order valence-electron chi connectivity index (χ1n) is 3.62. The number of aliphatic carboxylic acids is 1. The summed E-state index contributed by atoms with van der Waals surface area (Å²) in [6.07, 6.45) is 1.41. The molecular weight excluding hydrogens is 172 g/mol. The minimum atomic E-state index is -1.05. The van der Waals surface area contributed by atoms with E-state index in [1.807, 2.05) is 0 Å². The monoisotopic (exact) mass is 184 g/mol. The van der Waals surface area contributed by atoms with Gasteiger partial charge in [-0.15, -0.1) is 0 Å². The van der Waals surface area contributed by atoms with Gasteiger partial charge in [-0.1, -0.05) is 11.8 Å². The van der Waals surface area contributed by atoms with Crippen molar-refractivity contribution < 1.29 is 19.4 Å². The predicted molar refractivity (Wildman–Crippen MR) is 47.2 cm³/mol. The highest BCUT2D eigenvalue weighted by Gasteiger charge is 2.01. The third-order valence-electron chi connectivity index (χ3n) is 1.12. The van der Waals surface area contributed by atoms with Crippen molar-refractivity contribution in [3.05, 3.63) is 11.6 Å². The van der Waals surface area contributed by atoms with Crippen molar-refractivity contribution in [2.75, 3.05) is 27.4 Å². The number of carboxylic acid groups (broad SMARTS) is 1. The fourth-order valence-corrected chi connectivity index (χ4v) is 0.562. The Hall–Kier alpha value is -1.31. The van der Waals surface area contributed by atoms with Gasteiger partial charge in [0.15, 0.2) is 0 Å². The van der Waals surface area contributed by atoms with Crippen LogP contribution in [0.5, 0.6) is 0 Å². The van der Waals surface area contributed by atoms with Gasteiger partial charge < -0.3 is 14.6 Å². The van der Waals surface area contributed by atoms with Gasteiger partial charge in [0, 0.05) is 14.2 Å². The molecule has 0 aliphatic heterocycles. The average Bonchev–Trinajstić information content (AvgIpc) is 2.10. The van der Waals surface area contributed by atoms with E-state index in [9.17, 15) is 4.79 Å². The summed E-state index contributed by atoms with van der Waals surface area (Å²) in [6, 6.07) is 0. The van der Waals surface area contributed by atoms with Crippen molar-refractivity contribution in [3.63, 3.8) is 0 Å². The summed E-state index contributed by atoms with van der Waals surface area (Å²) in [7, 11) is 2.98. The Balaban J connectivity index is 4.28. The van der Waals surface area contributed by atoms with Gasteiger partial charge in [-0.05, 0) is 6.08 Å². The smallest absolute Gasteiger partial charge is 0.344 e. The van der Waals surface area contributed by atoms with E-state index in [2.05, 4.69) is 16.6 Å². The molecule has 0 aromatic heterocycles. The maximum atomic E-state index is 10.5. The summed E-state index contributed by atoms with van der Waals surface area (Å²) in [5.41, 5.74) is 0.0268. The maximum Gasteiger partial charge on any atom is 0.344 e. The van der Waals surface area contributed by atoms with Crippen LogP contribution in [0.25, 0.3) is 0 Å². The lowest BCUT2D eigenvalue weighted by atomic mass is 10.2. The van der Waals surface area contributed by atoms with Crippen LogP contribution in [0.4, 0.5) is 0 Å². The molecule has 4 nitrogen and oxygen atoms in total. The molecule has 0 saturated carbocycles. The van der Waals surface area contributed by atoms with Crippen molar-refractivity contribution in [1.29, 1.82) is 0 Å². The van der Waals surface area contributed by atoms with Crippen molar-refractivity contribution >= 4 is 5.97 Å². The van der Waals surface area contributed by atoms with Crippen LogP contribution in [0, 0.1) is 11.8 Å². The molecule has 0 spiro atoms. The number of rotatable bonds is 4. The molecule has 0 rings (SSSR count). The molecule has 0 unspecified atom stereocenters. The molecule has 0 aliphatic carbocycles. The van der Waals surface area contributed by atoms with Crippen molar-refractivity contribution in [2.24, 2.45) is 0 Å². The second-order valence-electron chi connectivity index (χ2n) is 2.11. The maximum absolute atomic E-state index is 10.5. The van der Waals surface area contributed by atoms with Crippen molar-refractivity contribution in [3.8, 4) is 11.8 Å². The summed E-state index contributed by atoms with van der Waals surface area (Å²) in [4.78, 5) is 10.5. The highest BCUT2D eigenvalue weighted by atomic mass is 16.5. The van der Waals surface area contributed by atoms with E-state index >= 15 is 0 Å². The number of hydrogen-bond donors (Lipinski definition) is 1. The van der Waals surface area contributed by atoms with Gasteiger partial charge in [0.1, 0.15) is 12.2 Å². The first-order chi connectivity index (χ1) is 6.22. The van der Waals surface area contributed by atoms with Gasteiger partial charge >= 0.3 is 5.97 Å². The van der Waals surface area contributed by atoms with E-state index in [4.69, 9.17) is 9.84 Å². The lowest BCUT2D eigenvalue weighted by Crippen LogP contribution is -2.00. The van der Waals surface area contributed by atoms with Crippen LogP contribution in [0.3, 0.4) is 0 Å². The summed E-state index contributed by atoms with van der Waals surface area (Å²) in [6.45, 7) is 0.459. The molecule has 0 fully saturated rings. The molecule has 0 aromatic rings. The van der Waals surface area contributed by atoms with Gasteiger partial charge in [-0.3, -0.25) is 0 Å². The van der Waals surface area contributed by atoms with Crippen LogP contribution in [0.2, 0.25) is 0 Å². The zero-order valence-corrected chi connectivity index (χ0v) is 7.66. The van der Waals surface area contributed by atoms with Gasteiger partial charge in [0.25, 0.3) is 0 Å². The quantitative estimate of drug-likeness (QED) is 0.504. The minimum Gasteiger partial charge on any atom is -0.477 e. The standard InChI is InChI=1S/C9H12O4/c1-12-6-3-4-8(9(10)11)5-7-13-2/h5H,6-7H2,1-2H3,(H,10,11)/b8-5+. The molecule has 0 atom stereocenters. The number of carbonyl (C=O) groups is 1. The number of carboxylic acids is 1. The predicted octanol–water partition coefficient (Wildman–Crippen LogP) is 0.294. The first-order valence-corrected chi connectivity index (χ1v) is 3.62. The minimum absolute atomic E-state index is 0.0268. The second-order valence-corrected chi connectivity index (χ2v) is 2.11. The van der Waals surface area contributed by atoms with Crippen LogP contribution in [-0.4, -0.2) is 38.5 Å². The zero-order chi connectivity index (χ0) is 10.1. The Bertz CT molecular complexity index is 244. The average molecular weight is 184 g/mol. The molecule has 0 aliphatic rings. The van der Waals surface area contributed by atoms with Crippen LogP contribution in [0.1, 0.15) is 0 Å². The second kappa shape index (κ2) is 7.35. The molecule has 0 heterocycles. The number of ether oxygens (including phenoxy) is 2. The summed E-state index contributed by atoms with van der Waals surface area (Å²) in [5.74, 6) is 3.96. The Labute approximate surface area is 77.2 Å². The lowest BCUT2D eigenvalue weighted by molar-refractivity contribution is -0.132. The normalized spacial score (nSPS) is 10.5. The SMILES string of the molecule is COCC#C/C(=C\COC)C(=O)O. The van der Waals surface area contributed by atoms with Crippen LogP contribution in [0.15, 0.2) is 11.6 Å². The Morgan fingerprint density at radius 2 is 2.15 bits per heavy atom. The molecule has 0 amide bonds. The molecule has 13 heavy (non-hydrogen) atoms. The fraction of sp³-hybridized carbons (Fsp3) is 0.444. The fourth-order valence-electron chi connectivity index (χ4n) is 0.562. The topological polar surface area (TPSA) is 55.8 Å². The zero-order valence-electron chi connectivity index (χ0n) is 7.66. The number of methoxy groups -OCH3 is 2. The van der Waals surface area contributed by atoms with Gasteiger partial charge in [-0.2, -0.15) is 0 Å². The third-order valence-corrected chi connectivity index (χ3v) is 1.12. The van der Waals surface area contributed by atoms with Gasteiger partial charge in [0.2, 0.25) is 0 Å². The van der Waals surface area contributed by atoms with Crippen LogP contribution >= 0.6 is 0 Å². The highest BCUT2D eigenvalue weighted by Crippen LogP contribution is 1.91. The Morgan fingerprint density at radius 3 is 2.62 bits per heavy atom. The van der Waals surface area contributed by atoms with E-state index < -0.39 is 5.97 Å². The molecule has 0 aromatic carbocycles. The van der Waals surface area contributed by atoms with Crippen molar-refractivity contribution in [1.82, 2.24) is 0 Å². The van der Waals surface area contributed by atoms with Crippen LogP contribution < -0.4 is 0 Å². The Morgan fingerprint density at radius 1 is 1.46 bits per heavy atom. The Kier molecular flexibility index (Phi) is 6.60. The van der Waals surface area contributed by atoms with Gasteiger partial charge in [0.05, 0.1) is 6.61 Å². The van der Waals surface area contributed by atoms with E-state index in [1.54, 1.807) is 0 Å². The van der Waals surface area contributed by atoms with E-state index in [0.717, 1.165) is 0 Å². The molecule has 0 radical (unpaired) electrons. The van der Waals surface area contributed by atoms with Crippen molar-refractivity contribution in [2.45, 2.75) is 0 Å². The van der Waals surface area contributed by atoms with E-state index in [0.29, 0.717) is 0 Å². The first kappa shape index (κ1) is 11.7. The summed E-state index contributed by atoms with van der Waals surface area (Å²) in [5, 5.41) is 8.63. The molecule has 0 bridgehead atoms. The lowest BCUT2D eigenvalue weighted by Gasteiger charge is -1.92.